The van der Waals surface area contributed by atoms with Crippen LogP contribution in [0.15, 0.2) is 36.4 Å². The van der Waals surface area contributed by atoms with Crippen molar-refractivity contribution in [1.82, 2.24) is 0 Å². The van der Waals surface area contributed by atoms with Crippen molar-refractivity contribution in [3.63, 3.8) is 0 Å². The van der Waals surface area contributed by atoms with Crippen molar-refractivity contribution < 1.29 is 23.6 Å². The molecule has 0 aliphatic carbocycles. The van der Waals surface area contributed by atoms with Crippen LogP contribution in [0.4, 0.5) is 21.5 Å². The lowest BCUT2D eigenvalue weighted by Crippen LogP contribution is -2.21. The molecule has 0 aliphatic heterocycles. The maximum absolute atomic E-state index is 13.0. The van der Waals surface area contributed by atoms with E-state index in [1.54, 1.807) is 0 Å². The summed E-state index contributed by atoms with van der Waals surface area (Å²) in [6, 6.07) is 7.12. The van der Waals surface area contributed by atoms with Gasteiger partial charge in [-0.1, -0.05) is 11.6 Å². The van der Waals surface area contributed by atoms with Gasteiger partial charge in [-0.3, -0.25) is 14.9 Å². The zero-order valence-corrected chi connectivity index (χ0v) is 14.2. The molecule has 0 bridgehead atoms. The predicted molar refractivity (Wildman–Crippen MR) is 93.0 cm³/mol. The van der Waals surface area contributed by atoms with Gasteiger partial charge >= 0.3 is 5.97 Å². The van der Waals surface area contributed by atoms with Crippen LogP contribution in [-0.2, 0) is 9.53 Å². The predicted octanol–water partition coefficient (Wildman–Crippen LogP) is 3.22. The van der Waals surface area contributed by atoms with E-state index < -0.39 is 29.2 Å². The fraction of sp³-hybridized carbons (Fsp3) is 0.125. The molecule has 136 valence electrons. The third-order valence-corrected chi connectivity index (χ3v) is 3.55. The number of nitrogens with one attached hydrogen (secondary N) is 2. The van der Waals surface area contributed by atoms with E-state index in [4.69, 9.17) is 16.3 Å². The summed E-state index contributed by atoms with van der Waals surface area (Å²) in [6.45, 7) is -0.645. The number of hydrogen-bond acceptors (Lipinski definition) is 6. The van der Waals surface area contributed by atoms with E-state index in [0.29, 0.717) is 0 Å². The van der Waals surface area contributed by atoms with E-state index in [1.807, 2.05) is 0 Å². The highest BCUT2D eigenvalue weighted by molar-refractivity contribution is 6.33. The second-order valence-corrected chi connectivity index (χ2v) is 5.39. The molecule has 10 heteroatoms. The Morgan fingerprint density at radius 2 is 1.92 bits per heavy atom. The molecule has 0 spiro atoms. The smallest absolute Gasteiger partial charge is 0.338 e. The molecule has 0 saturated heterocycles. The minimum atomic E-state index is -0.906. The van der Waals surface area contributed by atoms with Gasteiger partial charge in [0.05, 0.1) is 21.2 Å². The largest absolute Gasteiger partial charge is 0.452 e. The van der Waals surface area contributed by atoms with Gasteiger partial charge < -0.3 is 15.4 Å². The zero-order chi connectivity index (χ0) is 19.3. The van der Waals surface area contributed by atoms with Crippen LogP contribution >= 0.6 is 11.6 Å². The van der Waals surface area contributed by atoms with Gasteiger partial charge in [-0.2, -0.15) is 0 Å². The average Bonchev–Trinajstić information content (AvgIpc) is 2.61. The molecule has 0 aliphatic rings. The van der Waals surface area contributed by atoms with Crippen LogP contribution in [0, 0.1) is 15.9 Å². The maximum atomic E-state index is 13.0. The normalized spacial score (nSPS) is 10.1. The SMILES string of the molecule is CNc1ccc(C(=O)OCC(=O)Nc2ccc(F)cc2Cl)cc1[N+](=O)[O-]. The van der Waals surface area contributed by atoms with E-state index in [0.717, 1.165) is 18.2 Å². The van der Waals surface area contributed by atoms with Crippen molar-refractivity contribution in [2.75, 3.05) is 24.3 Å². The summed E-state index contributed by atoms with van der Waals surface area (Å²) >= 11 is 5.78. The average molecular weight is 382 g/mol. The summed E-state index contributed by atoms with van der Waals surface area (Å²) in [6.07, 6.45) is 0. The third-order valence-electron chi connectivity index (χ3n) is 3.24. The summed E-state index contributed by atoms with van der Waals surface area (Å²) in [5, 5.41) is 16.0. The topological polar surface area (TPSA) is 111 Å². The Labute approximate surface area is 152 Å². The maximum Gasteiger partial charge on any atom is 0.338 e. The van der Waals surface area contributed by atoms with Crippen LogP contribution in [0.5, 0.6) is 0 Å². The number of esters is 1. The van der Waals surface area contributed by atoms with E-state index >= 15 is 0 Å². The molecule has 2 N–H and O–H groups in total. The van der Waals surface area contributed by atoms with Gasteiger partial charge in [-0.15, -0.1) is 0 Å². The molecule has 0 heterocycles. The van der Waals surface area contributed by atoms with Gasteiger partial charge in [0.25, 0.3) is 11.6 Å². The number of nitrogens with zero attached hydrogens (tertiary/aromatic N) is 1. The number of nitro benzene ring substituents is 1. The Morgan fingerprint density at radius 3 is 2.54 bits per heavy atom. The molecular weight excluding hydrogens is 369 g/mol. The number of hydrogen-bond donors (Lipinski definition) is 2. The first kappa shape index (κ1) is 19.1. The first-order valence-corrected chi connectivity index (χ1v) is 7.58. The molecule has 0 fully saturated rings. The van der Waals surface area contributed by atoms with Crippen LogP contribution in [0.2, 0.25) is 5.02 Å². The molecule has 0 radical (unpaired) electrons. The minimum Gasteiger partial charge on any atom is -0.452 e. The minimum absolute atomic E-state index is 0.0112. The Kier molecular flexibility index (Phi) is 6.07. The van der Waals surface area contributed by atoms with Crippen molar-refractivity contribution >= 4 is 40.5 Å². The highest BCUT2D eigenvalue weighted by atomic mass is 35.5. The first-order valence-electron chi connectivity index (χ1n) is 7.20. The number of anilines is 2. The van der Waals surface area contributed by atoms with Gasteiger partial charge in [0.1, 0.15) is 11.5 Å². The van der Waals surface area contributed by atoms with E-state index in [1.165, 1.54) is 25.2 Å². The number of benzene rings is 2. The Hall–Kier alpha value is -3.20. The zero-order valence-electron chi connectivity index (χ0n) is 13.4. The Bertz CT molecular complexity index is 875. The summed E-state index contributed by atoms with van der Waals surface area (Å²) in [4.78, 5) is 34.1. The highest BCUT2D eigenvalue weighted by Crippen LogP contribution is 2.25. The van der Waals surface area contributed by atoms with Gasteiger partial charge in [0, 0.05) is 13.1 Å². The lowest BCUT2D eigenvalue weighted by Gasteiger charge is -2.09. The molecule has 8 nitrogen and oxygen atoms in total. The molecule has 0 saturated carbocycles. The summed E-state index contributed by atoms with van der Waals surface area (Å²) in [5.74, 6) is -2.17. The summed E-state index contributed by atoms with van der Waals surface area (Å²) < 4.78 is 17.8. The highest BCUT2D eigenvalue weighted by Gasteiger charge is 2.18. The van der Waals surface area contributed by atoms with Crippen LogP contribution in [0.3, 0.4) is 0 Å². The number of rotatable bonds is 6. The first-order chi connectivity index (χ1) is 12.3. The van der Waals surface area contributed by atoms with Gasteiger partial charge in [-0.05, 0) is 30.3 Å². The number of halogens is 2. The molecule has 26 heavy (non-hydrogen) atoms. The number of carbonyl (C=O) groups is 2. The summed E-state index contributed by atoms with van der Waals surface area (Å²) in [7, 11) is 1.51. The fourth-order valence-electron chi connectivity index (χ4n) is 2.01. The quantitative estimate of drug-likeness (QED) is 0.451. The number of nitro groups is 1. The number of carbonyl (C=O) groups excluding carboxylic acids is 2. The molecular formula is C16H13ClFN3O5. The molecule has 1 amide bonds. The lowest BCUT2D eigenvalue weighted by atomic mass is 10.1. The molecule has 0 unspecified atom stereocenters. The Balaban J connectivity index is 2.00. The van der Waals surface area contributed by atoms with E-state index in [-0.39, 0.29) is 27.6 Å². The molecule has 0 aromatic heterocycles. The van der Waals surface area contributed by atoms with Crippen LogP contribution < -0.4 is 10.6 Å². The summed E-state index contributed by atoms with van der Waals surface area (Å²) in [5.41, 5.74) is 0.00572. The van der Waals surface area contributed by atoms with Gasteiger partial charge in [0.15, 0.2) is 6.61 Å². The second-order valence-electron chi connectivity index (χ2n) is 4.99. The molecule has 2 aromatic rings. The van der Waals surface area contributed by atoms with E-state index in [2.05, 4.69) is 10.6 Å². The Morgan fingerprint density at radius 1 is 1.23 bits per heavy atom. The van der Waals surface area contributed by atoms with E-state index in [9.17, 15) is 24.1 Å². The standard InChI is InChI=1S/C16H13ClFN3O5/c1-19-13-4-2-9(6-14(13)21(24)25)16(23)26-8-15(22)20-12-5-3-10(18)7-11(12)17/h2-7,19H,8H2,1H3,(H,20,22). The van der Waals surface area contributed by atoms with Crippen LogP contribution in [0.25, 0.3) is 0 Å². The van der Waals surface area contributed by atoms with Crippen molar-refractivity contribution in [1.29, 1.82) is 0 Å². The van der Waals surface area contributed by atoms with Crippen LogP contribution in [-0.4, -0.2) is 30.5 Å². The van der Waals surface area contributed by atoms with Gasteiger partial charge in [-0.25, -0.2) is 9.18 Å². The molecule has 0 atom stereocenters. The monoisotopic (exact) mass is 381 g/mol. The molecule has 2 aromatic carbocycles. The van der Waals surface area contributed by atoms with Gasteiger partial charge in [0.2, 0.25) is 0 Å². The second kappa shape index (κ2) is 8.26. The van der Waals surface area contributed by atoms with Crippen molar-refractivity contribution in [3.05, 3.63) is 62.9 Å². The molecule has 2 rings (SSSR count). The van der Waals surface area contributed by atoms with Crippen LogP contribution in [0.1, 0.15) is 10.4 Å². The van der Waals surface area contributed by atoms with Crippen molar-refractivity contribution in [2.24, 2.45) is 0 Å². The number of ether oxygens (including phenoxy) is 1. The fourth-order valence-corrected chi connectivity index (χ4v) is 2.23. The van der Waals surface area contributed by atoms with Crippen molar-refractivity contribution in [2.45, 2.75) is 0 Å². The van der Waals surface area contributed by atoms with Crippen molar-refractivity contribution in [3.8, 4) is 0 Å². The lowest BCUT2D eigenvalue weighted by molar-refractivity contribution is -0.384. The number of amides is 1. The third kappa shape index (κ3) is 4.67.